The summed E-state index contributed by atoms with van der Waals surface area (Å²) in [4.78, 5) is 21.3. The largest absolute Gasteiger partial charge is 0.340 e. The van der Waals surface area contributed by atoms with Gasteiger partial charge in [-0.3, -0.25) is 9.69 Å². The van der Waals surface area contributed by atoms with Crippen molar-refractivity contribution in [3.63, 3.8) is 0 Å². The van der Waals surface area contributed by atoms with Crippen LogP contribution in [-0.2, 0) is 11.2 Å². The van der Waals surface area contributed by atoms with Crippen molar-refractivity contribution in [1.82, 2.24) is 14.8 Å². The van der Waals surface area contributed by atoms with Gasteiger partial charge in [0.1, 0.15) is 0 Å². The molecule has 1 aromatic heterocycles. The molecule has 2 aliphatic rings. The van der Waals surface area contributed by atoms with Crippen LogP contribution in [0.25, 0.3) is 0 Å². The lowest BCUT2D eigenvalue weighted by atomic mass is 10.1. The number of hydrogen-bond donors (Lipinski definition) is 0. The molecule has 1 saturated carbocycles. The summed E-state index contributed by atoms with van der Waals surface area (Å²) in [6, 6.07) is 0.786. The average Bonchev–Trinajstić information content (AvgIpc) is 3.11. The van der Waals surface area contributed by atoms with E-state index >= 15 is 0 Å². The Hall–Kier alpha value is -0.940. The molecule has 0 radical (unpaired) electrons. The molecule has 0 atom stereocenters. The Morgan fingerprint density at radius 2 is 2.00 bits per heavy atom. The van der Waals surface area contributed by atoms with Crippen molar-refractivity contribution in [2.45, 2.75) is 45.1 Å². The van der Waals surface area contributed by atoms with Crippen molar-refractivity contribution in [1.29, 1.82) is 0 Å². The molecule has 4 nitrogen and oxygen atoms in total. The second kappa shape index (κ2) is 6.22. The van der Waals surface area contributed by atoms with Gasteiger partial charge >= 0.3 is 0 Å². The molecule has 1 saturated heterocycles. The van der Waals surface area contributed by atoms with Gasteiger partial charge in [0.2, 0.25) is 5.91 Å². The molecule has 3 rings (SSSR count). The van der Waals surface area contributed by atoms with E-state index in [1.165, 1.54) is 25.7 Å². The first-order chi connectivity index (χ1) is 9.72. The lowest BCUT2D eigenvalue weighted by molar-refractivity contribution is -0.132. The summed E-state index contributed by atoms with van der Waals surface area (Å²) < 4.78 is 0. The summed E-state index contributed by atoms with van der Waals surface area (Å²) in [7, 11) is 0. The van der Waals surface area contributed by atoms with Gasteiger partial charge in [-0.25, -0.2) is 4.98 Å². The third-order valence-electron chi connectivity index (χ3n) is 4.51. The molecule has 1 amide bonds. The highest BCUT2D eigenvalue weighted by Gasteiger charge is 2.27. The van der Waals surface area contributed by atoms with E-state index in [4.69, 9.17) is 0 Å². The SMILES string of the molecule is Cc1nc(CC(=O)N2CCN(C3CCCC3)CC2)cs1. The van der Waals surface area contributed by atoms with E-state index in [2.05, 4.69) is 9.88 Å². The maximum atomic E-state index is 12.3. The third-order valence-corrected chi connectivity index (χ3v) is 5.33. The molecule has 110 valence electrons. The molecule has 1 aromatic rings. The maximum Gasteiger partial charge on any atom is 0.228 e. The lowest BCUT2D eigenvalue weighted by Gasteiger charge is -2.38. The zero-order valence-corrected chi connectivity index (χ0v) is 13.0. The van der Waals surface area contributed by atoms with Crippen molar-refractivity contribution in [2.24, 2.45) is 0 Å². The Balaban J connectivity index is 1.48. The van der Waals surface area contributed by atoms with Crippen LogP contribution < -0.4 is 0 Å². The molecular weight excluding hydrogens is 270 g/mol. The van der Waals surface area contributed by atoms with Crippen molar-refractivity contribution >= 4 is 17.2 Å². The van der Waals surface area contributed by atoms with Gasteiger partial charge in [0.25, 0.3) is 0 Å². The number of carbonyl (C=O) groups excluding carboxylic acids is 1. The van der Waals surface area contributed by atoms with Crippen LogP contribution in [0.2, 0.25) is 0 Å². The Morgan fingerprint density at radius 1 is 1.30 bits per heavy atom. The van der Waals surface area contributed by atoms with Gasteiger partial charge in [-0.2, -0.15) is 0 Å². The van der Waals surface area contributed by atoms with Crippen LogP contribution >= 0.6 is 11.3 Å². The number of hydrogen-bond acceptors (Lipinski definition) is 4. The normalized spacial score (nSPS) is 21.6. The monoisotopic (exact) mass is 293 g/mol. The van der Waals surface area contributed by atoms with Gasteiger partial charge < -0.3 is 4.90 Å². The van der Waals surface area contributed by atoms with Crippen molar-refractivity contribution < 1.29 is 4.79 Å². The summed E-state index contributed by atoms with van der Waals surface area (Å²) in [5.74, 6) is 0.237. The second-order valence-corrected chi connectivity index (χ2v) is 6.95. The van der Waals surface area contributed by atoms with Crippen LogP contribution in [0.3, 0.4) is 0 Å². The predicted octanol–water partition coefficient (Wildman–Crippen LogP) is 2.08. The van der Waals surface area contributed by atoms with E-state index in [1.54, 1.807) is 11.3 Å². The number of aryl methyl sites for hydroxylation is 1. The Bertz CT molecular complexity index is 459. The minimum Gasteiger partial charge on any atom is -0.340 e. The number of amides is 1. The van der Waals surface area contributed by atoms with Gasteiger partial charge in [0.05, 0.1) is 17.1 Å². The first-order valence-corrected chi connectivity index (χ1v) is 8.53. The molecule has 1 aliphatic carbocycles. The Labute approximate surface area is 124 Å². The molecule has 0 spiro atoms. The number of rotatable bonds is 3. The molecule has 0 N–H and O–H groups in total. The first kappa shape index (κ1) is 14.0. The Kier molecular flexibility index (Phi) is 4.36. The summed E-state index contributed by atoms with van der Waals surface area (Å²) in [5, 5.41) is 3.04. The van der Waals surface area contributed by atoms with Crippen LogP contribution in [0.5, 0.6) is 0 Å². The third kappa shape index (κ3) is 3.20. The standard InChI is InChI=1S/C15H23N3OS/c1-12-16-13(11-20-12)10-15(19)18-8-6-17(7-9-18)14-4-2-3-5-14/h11,14H,2-10H2,1H3. The molecule has 2 heterocycles. The van der Waals surface area contributed by atoms with Crippen molar-refractivity contribution in [3.05, 3.63) is 16.1 Å². The minimum atomic E-state index is 0.237. The van der Waals surface area contributed by atoms with E-state index < -0.39 is 0 Å². The average molecular weight is 293 g/mol. The molecule has 1 aliphatic heterocycles. The fraction of sp³-hybridized carbons (Fsp3) is 0.733. The molecule has 2 fully saturated rings. The summed E-state index contributed by atoms with van der Waals surface area (Å²) in [5.41, 5.74) is 0.927. The zero-order chi connectivity index (χ0) is 13.9. The predicted molar refractivity (Wildman–Crippen MR) is 81.0 cm³/mol. The van der Waals surface area contributed by atoms with Gasteiger partial charge in [0.15, 0.2) is 0 Å². The van der Waals surface area contributed by atoms with Crippen molar-refractivity contribution in [3.8, 4) is 0 Å². The number of thiazole rings is 1. The highest BCUT2D eigenvalue weighted by Crippen LogP contribution is 2.24. The molecular formula is C15H23N3OS. The summed E-state index contributed by atoms with van der Waals surface area (Å²) in [6.45, 7) is 5.86. The van der Waals surface area contributed by atoms with Gasteiger partial charge in [-0.05, 0) is 19.8 Å². The lowest BCUT2D eigenvalue weighted by Crippen LogP contribution is -2.51. The van der Waals surface area contributed by atoms with E-state index in [9.17, 15) is 4.79 Å². The van der Waals surface area contributed by atoms with Crippen LogP contribution in [-0.4, -0.2) is 52.9 Å². The number of piperazine rings is 1. The molecule has 5 heteroatoms. The number of nitrogens with zero attached hydrogens (tertiary/aromatic N) is 3. The fourth-order valence-electron chi connectivity index (χ4n) is 3.36. The van der Waals surface area contributed by atoms with E-state index in [0.717, 1.165) is 42.9 Å². The van der Waals surface area contributed by atoms with Crippen LogP contribution in [0.4, 0.5) is 0 Å². The zero-order valence-electron chi connectivity index (χ0n) is 12.2. The van der Waals surface area contributed by atoms with E-state index in [0.29, 0.717) is 6.42 Å². The number of aromatic nitrogens is 1. The maximum absolute atomic E-state index is 12.3. The molecule has 0 bridgehead atoms. The number of carbonyl (C=O) groups is 1. The molecule has 0 aromatic carbocycles. The van der Waals surface area contributed by atoms with Gasteiger partial charge in [-0.15, -0.1) is 11.3 Å². The van der Waals surface area contributed by atoms with Crippen LogP contribution in [0.1, 0.15) is 36.4 Å². The summed E-state index contributed by atoms with van der Waals surface area (Å²) >= 11 is 1.62. The van der Waals surface area contributed by atoms with Crippen LogP contribution in [0, 0.1) is 6.92 Å². The van der Waals surface area contributed by atoms with Gasteiger partial charge in [0, 0.05) is 37.6 Å². The van der Waals surface area contributed by atoms with Gasteiger partial charge in [-0.1, -0.05) is 12.8 Å². The van der Waals surface area contributed by atoms with Crippen molar-refractivity contribution in [2.75, 3.05) is 26.2 Å². The first-order valence-electron chi connectivity index (χ1n) is 7.65. The smallest absolute Gasteiger partial charge is 0.228 e. The quantitative estimate of drug-likeness (QED) is 0.856. The minimum absolute atomic E-state index is 0.237. The van der Waals surface area contributed by atoms with E-state index in [-0.39, 0.29) is 5.91 Å². The molecule has 20 heavy (non-hydrogen) atoms. The van der Waals surface area contributed by atoms with Crippen LogP contribution in [0.15, 0.2) is 5.38 Å². The summed E-state index contributed by atoms with van der Waals surface area (Å²) in [6.07, 6.45) is 5.94. The highest BCUT2D eigenvalue weighted by molar-refractivity contribution is 7.09. The highest BCUT2D eigenvalue weighted by atomic mass is 32.1. The fourth-order valence-corrected chi connectivity index (χ4v) is 3.97. The second-order valence-electron chi connectivity index (χ2n) is 5.89. The topological polar surface area (TPSA) is 36.4 Å². The molecule has 0 unspecified atom stereocenters. The Morgan fingerprint density at radius 3 is 2.60 bits per heavy atom. The van der Waals surface area contributed by atoms with E-state index in [1.807, 2.05) is 17.2 Å².